The van der Waals surface area contributed by atoms with Crippen molar-refractivity contribution in [2.75, 3.05) is 0 Å². The summed E-state index contributed by atoms with van der Waals surface area (Å²) in [6.07, 6.45) is 5.21. The van der Waals surface area contributed by atoms with Crippen LogP contribution < -0.4 is 10.1 Å². The topological polar surface area (TPSA) is 38.3 Å². The molecule has 0 saturated carbocycles. The number of rotatable bonds is 6. The Morgan fingerprint density at radius 3 is 2.37 bits per heavy atom. The molecular weight excluding hydrogens is 334 g/mol. The minimum absolute atomic E-state index is 0.0232. The van der Waals surface area contributed by atoms with E-state index in [-0.39, 0.29) is 11.9 Å². The zero-order chi connectivity index (χ0) is 19.4. The van der Waals surface area contributed by atoms with Crippen molar-refractivity contribution in [1.82, 2.24) is 5.32 Å². The van der Waals surface area contributed by atoms with Crippen molar-refractivity contribution < 1.29 is 9.53 Å². The van der Waals surface area contributed by atoms with Gasteiger partial charge in [0.25, 0.3) is 5.91 Å². The zero-order valence-electron chi connectivity index (χ0n) is 17.0. The van der Waals surface area contributed by atoms with Gasteiger partial charge in [0.05, 0.1) is 6.04 Å². The highest BCUT2D eigenvalue weighted by atomic mass is 16.5. The summed E-state index contributed by atoms with van der Waals surface area (Å²) in [5.74, 6) is 0.677. The summed E-state index contributed by atoms with van der Waals surface area (Å²) in [6.45, 7) is 7.99. The highest BCUT2D eigenvalue weighted by Gasteiger charge is 2.20. The molecule has 1 amide bonds. The summed E-state index contributed by atoms with van der Waals surface area (Å²) in [6, 6.07) is 12.8. The molecule has 0 spiro atoms. The standard InChI is InChI=1S/C24H31NO2/c1-5-23(21-11-10-19-8-6-7-9-20(19)15-21)25-24(26)18(4)27-22-13-16(2)12-17(3)14-22/h10-15,18,23H,5-9H2,1-4H3,(H,25,26)/t18-,23-/m1/s1. The molecule has 0 saturated heterocycles. The Labute approximate surface area is 163 Å². The molecule has 144 valence electrons. The molecule has 2 atom stereocenters. The fraction of sp³-hybridized carbons (Fsp3) is 0.458. The first-order valence-corrected chi connectivity index (χ1v) is 10.1. The van der Waals surface area contributed by atoms with E-state index in [1.54, 1.807) is 0 Å². The fourth-order valence-corrected chi connectivity index (χ4v) is 3.94. The molecule has 0 fully saturated rings. The number of aryl methyl sites for hydroxylation is 4. The van der Waals surface area contributed by atoms with E-state index >= 15 is 0 Å². The number of carbonyl (C=O) groups is 1. The van der Waals surface area contributed by atoms with E-state index in [1.165, 1.54) is 36.0 Å². The van der Waals surface area contributed by atoms with Crippen molar-refractivity contribution >= 4 is 5.91 Å². The molecule has 0 bridgehead atoms. The predicted octanol–water partition coefficient (Wildman–Crippen LogP) is 5.22. The molecule has 3 heteroatoms. The van der Waals surface area contributed by atoms with Gasteiger partial charge in [-0.2, -0.15) is 0 Å². The summed E-state index contributed by atoms with van der Waals surface area (Å²) >= 11 is 0. The van der Waals surface area contributed by atoms with Crippen LogP contribution in [0.3, 0.4) is 0 Å². The number of hydrogen-bond donors (Lipinski definition) is 1. The first kappa shape index (κ1) is 19.5. The monoisotopic (exact) mass is 365 g/mol. The lowest BCUT2D eigenvalue weighted by Gasteiger charge is -2.23. The van der Waals surface area contributed by atoms with E-state index in [2.05, 4.69) is 36.5 Å². The maximum Gasteiger partial charge on any atom is 0.261 e. The van der Waals surface area contributed by atoms with Crippen LogP contribution in [-0.4, -0.2) is 12.0 Å². The van der Waals surface area contributed by atoms with Crippen LogP contribution >= 0.6 is 0 Å². The molecule has 27 heavy (non-hydrogen) atoms. The second-order valence-corrected chi connectivity index (χ2v) is 7.79. The Balaban J connectivity index is 1.67. The highest BCUT2D eigenvalue weighted by Crippen LogP contribution is 2.26. The number of ether oxygens (including phenoxy) is 1. The van der Waals surface area contributed by atoms with Crippen molar-refractivity contribution in [3.63, 3.8) is 0 Å². The maximum atomic E-state index is 12.7. The molecule has 0 unspecified atom stereocenters. The van der Waals surface area contributed by atoms with Crippen LogP contribution in [0.2, 0.25) is 0 Å². The molecule has 0 heterocycles. The molecule has 1 N–H and O–H groups in total. The number of nitrogens with one attached hydrogen (secondary N) is 1. The van der Waals surface area contributed by atoms with Crippen LogP contribution in [0.5, 0.6) is 5.75 Å². The molecule has 2 aromatic carbocycles. The molecule has 0 aromatic heterocycles. The second kappa shape index (κ2) is 8.60. The van der Waals surface area contributed by atoms with Gasteiger partial charge in [-0.05, 0) is 92.8 Å². The minimum atomic E-state index is -0.530. The van der Waals surface area contributed by atoms with Crippen molar-refractivity contribution in [2.45, 2.75) is 71.9 Å². The van der Waals surface area contributed by atoms with Crippen LogP contribution in [0.4, 0.5) is 0 Å². The molecule has 3 nitrogen and oxygen atoms in total. The average molecular weight is 366 g/mol. The summed E-state index contributed by atoms with van der Waals surface area (Å²) in [5, 5.41) is 3.18. The van der Waals surface area contributed by atoms with Gasteiger partial charge in [0, 0.05) is 0 Å². The first-order chi connectivity index (χ1) is 13.0. The summed E-state index contributed by atoms with van der Waals surface area (Å²) in [4.78, 5) is 12.7. The molecular formula is C24H31NO2. The predicted molar refractivity (Wildman–Crippen MR) is 110 cm³/mol. The fourth-order valence-electron chi connectivity index (χ4n) is 3.94. The number of benzene rings is 2. The van der Waals surface area contributed by atoms with Gasteiger partial charge in [-0.25, -0.2) is 0 Å². The van der Waals surface area contributed by atoms with Gasteiger partial charge >= 0.3 is 0 Å². The van der Waals surface area contributed by atoms with Crippen molar-refractivity contribution in [3.8, 4) is 5.75 Å². The number of amides is 1. The second-order valence-electron chi connectivity index (χ2n) is 7.79. The highest BCUT2D eigenvalue weighted by molar-refractivity contribution is 5.81. The van der Waals surface area contributed by atoms with Crippen molar-refractivity contribution in [3.05, 3.63) is 64.2 Å². The molecule has 2 aromatic rings. The lowest BCUT2D eigenvalue weighted by molar-refractivity contribution is -0.128. The van der Waals surface area contributed by atoms with Crippen LogP contribution in [0.25, 0.3) is 0 Å². The summed E-state index contributed by atoms with van der Waals surface area (Å²) < 4.78 is 5.90. The van der Waals surface area contributed by atoms with Crippen molar-refractivity contribution in [2.24, 2.45) is 0 Å². The van der Waals surface area contributed by atoms with Gasteiger partial charge in [0.1, 0.15) is 5.75 Å². The van der Waals surface area contributed by atoms with Crippen LogP contribution in [0.15, 0.2) is 36.4 Å². The van der Waals surface area contributed by atoms with Gasteiger partial charge in [-0.1, -0.05) is 31.2 Å². The van der Waals surface area contributed by atoms with E-state index in [4.69, 9.17) is 4.74 Å². The summed E-state index contributed by atoms with van der Waals surface area (Å²) in [7, 11) is 0. The third-order valence-corrected chi connectivity index (χ3v) is 5.38. The quantitative estimate of drug-likeness (QED) is 0.762. The molecule has 1 aliphatic carbocycles. The third kappa shape index (κ3) is 4.91. The number of carbonyl (C=O) groups excluding carboxylic acids is 1. The van der Waals surface area contributed by atoms with Gasteiger partial charge in [0.15, 0.2) is 6.10 Å². The number of hydrogen-bond acceptors (Lipinski definition) is 2. The summed E-state index contributed by atoms with van der Waals surface area (Å²) in [5.41, 5.74) is 6.39. The SMILES string of the molecule is CC[C@@H](NC(=O)[C@@H](C)Oc1cc(C)cc(C)c1)c1ccc2c(c1)CCCC2. The Hall–Kier alpha value is -2.29. The van der Waals surface area contributed by atoms with Gasteiger partial charge in [-0.15, -0.1) is 0 Å². The van der Waals surface area contributed by atoms with Gasteiger partial charge in [-0.3, -0.25) is 4.79 Å². The van der Waals surface area contributed by atoms with Crippen LogP contribution in [0.1, 0.15) is 67.0 Å². The Kier molecular flexibility index (Phi) is 6.20. The first-order valence-electron chi connectivity index (χ1n) is 10.1. The zero-order valence-corrected chi connectivity index (χ0v) is 17.0. The van der Waals surface area contributed by atoms with Crippen molar-refractivity contribution in [1.29, 1.82) is 0 Å². The average Bonchev–Trinajstić information content (AvgIpc) is 2.64. The van der Waals surface area contributed by atoms with E-state index in [9.17, 15) is 4.79 Å². The molecule has 0 radical (unpaired) electrons. The lowest BCUT2D eigenvalue weighted by Crippen LogP contribution is -2.38. The van der Waals surface area contributed by atoms with Crippen LogP contribution in [0, 0.1) is 13.8 Å². The van der Waals surface area contributed by atoms with Crippen LogP contribution in [-0.2, 0) is 17.6 Å². The van der Waals surface area contributed by atoms with E-state index < -0.39 is 6.10 Å². The normalized spacial score (nSPS) is 15.6. The Morgan fingerprint density at radius 1 is 1.04 bits per heavy atom. The molecule has 0 aliphatic heterocycles. The largest absolute Gasteiger partial charge is 0.481 e. The maximum absolute atomic E-state index is 12.7. The van der Waals surface area contributed by atoms with Gasteiger partial charge < -0.3 is 10.1 Å². The molecule has 3 rings (SSSR count). The van der Waals surface area contributed by atoms with Gasteiger partial charge in [0.2, 0.25) is 0 Å². The smallest absolute Gasteiger partial charge is 0.261 e. The number of fused-ring (bicyclic) bond motifs is 1. The minimum Gasteiger partial charge on any atom is -0.481 e. The Morgan fingerprint density at radius 2 is 1.70 bits per heavy atom. The molecule has 1 aliphatic rings. The van der Waals surface area contributed by atoms with E-state index in [1.807, 2.05) is 32.9 Å². The third-order valence-electron chi connectivity index (χ3n) is 5.38. The Bertz CT molecular complexity index is 792. The lowest BCUT2D eigenvalue weighted by atomic mass is 9.89. The van der Waals surface area contributed by atoms with E-state index in [0.29, 0.717) is 0 Å². The van der Waals surface area contributed by atoms with E-state index in [0.717, 1.165) is 29.7 Å².